The molecule has 0 bridgehead atoms. The number of ether oxygens (including phenoxy) is 3. The zero-order chi connectivity index (χ0) is 15.2. The van der Waals surface area contributed by atoms with E-state index in [1.54, 1.807) is 21.3 Å². The first-order valence-corrected chi connectivity index (χ1v) is 6.79. The van der Waals surface area contributed by atoms with E-state index in [4.69, 9.17) is 19.9 Å². The second-order valence-corrected chi connectivity index (χ2v) is 4.73. The van der Waals surface area contributed by atoms with Crippen LogP contribution < -0.4 is 19.9 Å². The molecule has 21 heavy (non-hydrogen) atoms. The van der Waals surface area contributed by atoms with Crippen LogP contribution in [0.5, 0.6) is 17.2 Å². The normalized spacial score (nSPS) is 11.8. The molecule has 0 aromatic heterocycles. The Bertz CT molecular complexity index is 559. The van der Waals surface area contributed by atoms with Gasteiger partial charge in [-0.05, 0) is 36.2 Å². The molecular weight excluding hydrogens is 266 g/mol. The van der Waals surface area contributed by atoms with E-state index in [2.05, 4.69) is 0 Å². The van der Waals surface area contributed by atoms with Gasteiger partial charge in [-0.3, -0.25) is 0 Å². The Morgan fingerprint density at radius 1 is 0.857 bits per heavy atom. The molecule has 2 N–H and O–H groups in total. The third kappa shape index (κ3) is 3.47. The van der Waals surface area contributed by atoms with Crippen molar-refractivity contribution in [1.29, 1.82) is 0 Å². The summed E-state index contributed by atoms with van der Waals surface area (Å²) in [6.07, 6.45) is 0.695. The maximum atomic E-state index is 6.36. The number of methoxy groups -OCH3 is 3. The summed E-state index contributed by atoms with van der Waals surface area (Å²) in [6.45, 7) is 0. The Kier molecular flexibility index (Phi) is 5.06. The molecule has 0 aliphatic carbocycles. The van der Waals surface area contributed by atoms with E-state index < -0.39 is 0 Å². The minimum Gasteiger partial charge on any atom is -0.497 e. The van der Waals surface area contributed by atoms with Gasteiger partial charge in [0, 0.05) is 6.04 Å². The fourth-order valence-corrected chi connectivity index (χ4v) is 2.36. The quantitative estimate of drug-likeness (QED) is 0.887. The van der Waals surface area contributed by atoms with Gasteiger partial charge in [0.25, 0.3) is 0 Å². The smallest absolute Gasteiger partial charge is 0.127 e. The molecule has 0 amide bonds. The number of rotatable bonds is 6. The molecule has 0 saturated heterocycles. The van der Waals surface area contributed by atoms with Crippen molar-refractivity contribution in [3.05, 3.63) is 53.6 Å². The molecule has 0 radical (unpaired) electrons. The second kappa shape index (κ2) is 6.99. The summed E-state index contributed by atoms with van der Waals surface area (Å²) in [5.74, 6) is 2.33. The molecule has 2 aromatic rings. The average Bonchev–Trinajstić information content (AvgIpc) is 2.54. The van der Waals surface area contributed by atoms with Crippen molar-refractivity contribution in [2.45, 2.75) is 12.5 Å². The van der Waals surface area contributed by atoms with Gasteiger partial charge in [-0.15, -0.1) is 0 Å². The molecule has 2 rings (SSSR count). The standard InChI is InChI=1S/C17H21NO3/c1-19-13-9-7-12(8-10-13)11-14(18)17-15(20-2)5-4-6-16(17)21-3/h4-10,14H,11,18H2,1-3H3. The fourth-order valence-electron chi connectivity index (χ4n) is 2.36. The number of benzene rings is 2. The van der Waals surface area contributed by atoms with Crippen LogP contribution in [0.4, 0.5) is 0 Å². The van der Waals surface area contributed by atoms with Gasteiger partial charge < -0.3 is 19.9 Å². The highest BCUT2D eigenvalue weighted by atomic mass is 16.5. The summed E-state index contributed by atoms with van der Waals surface area (Å²) in [5, 5.41) is 0. The van der Waals surface area contributed by atoms with Crippen LogP contribution in [0.25, 0.3) is 0 Å². The van der Waals surface area contributed by atoms with Crippen molar-refractivity contribution in [3.8, 4) is 17.2 Å². The molecule has 4 heteroatoms. The zero-order valence-electron chi connectivity index (χ0n) is 12.6. The Balaban J connectivity index is 2.24. The van der Waals surface area contributed by atoms with E-state index >= 15 is 0 Å². The zero-order valence-corrected chi connectivity index (χ0v) is 12.6. The van der Waals surface area contributed by atoms with Crippen LogP contribution in [-0.2, 0) is 6.42 Å². The van der Waals surface area contributed by atoms with Crippen molar-refractivity contribution in [3.63, 3.8) is 0 Å². The van der Waals surface area contributed by atoms with Crippen LogP contribution in [0.15, 0.2) is 42.5 Å². The maximum absolute atomic E-state index is 6.36. The highest BCUT2D eigenvalue weighted by molar-refractivity contribution is 5.47. The lowest BCUT2D eigenvalue weighted by atomic mass is 9.98. The molecule has 1 unspecified atom stereocenters. The monoisotopic (exact) mass is 287 g/mol. The third-order valence-corrected chi connectivity index (χ3v) is 3.45. The van der Waals surface area contributed by atoms with Crippen LogP contribution in [0, 0.1) is 0 Å². The van der Waals surface area contributed by atoms with E-state index in [9.17, 15) is 0 Å². The van der Waals surface area contributed by atoms with Crippen molar-refractivity contribution in [1.82, 2.24) is 0 Å². The van der Waals surface area contributed by atoms with Crippen LogP contribution >= 0.6 is 0 Å². The summed E-state index contributed by atoms with van der Waals surface area (Å²) in [4.78, 5) is 0. The second-order valence-electron chi connectivity index (χ2n) is 4.73. The molecule has 0 heterocycles. The van der Waals surface area contributed by atoms with Crippen molar-refractivity contribution in [2.24, 2.45) is 5.73 Å². The molecule has 0 saturated carbocycles. The molecule has 0 spiro atoms. The summed E-state index contributed by atoms with van der Waals surface area (Å²) in [6, 6.07) is 13.4. The summed E-state index contributed by atoms with van der Waals surface area (Å²) < 4.78 is 16.0. The van der Waals surface area contributed by atoms with Gasteiger partial charge in [-0.1, -0.05) is 18.2 Å². The lowest BCUT2D eigenvalue weighted by Gasteiger charge is -2.19. The molecule has 1 atom stereocenters. The molecular formula is C17H21NO3. The largest absolute Gasteiger partial charge is 0.497 e. The number of hydrogen-bond acceptors (Lipinski definition) is 4. The Hall–Kier alpha value is -2.20. The molecule has 2 aromatic carbocycles. The van der Waals surface area contributed by atoms with Crippen molar-refractivity contribution >= 4 is 0 Å². The number of nitrogens with two attached hydrogens (primary N) is 1. The van der Waals surface area contributed by atoms with E-state index in [-0.39, 0.29) is 6.04 Å². The number of hydrogen-bond donors (Lipinski definition) is 1. The lowest BCUT2D eigenvalue weighted by molar-refractivity contribution is 0.378. The van der Waals surface area contributed by atoms with E-state index in [1.165, 1.54) is 0 Å². The SMILES string of the molecule is COc1ccc(CC(N)c2c(OC)cccc2OC)cc1. The van der Waals surface area contributed by atoms with Crippen molar-refractivity contribution < 1.29 is 14.2 Å². The van der Waals surface area contributed by atoms with Gasteiger partial charge in [0.2, 0.25) is 0 Å². The highest BCUT2D eigenvalue weighted by Crippen LogP contribution is 2.34. The van der Waals surface area contributed by atoms with E-state index in [0.29, 0.717) is 6.42 Å². The summed E-state index contributed by atoms with van der Waals surface area (Å²) >= 11 is 0. The van der Waals surface area contributed by atoms with E-state index in [1.807, 2.05) is 42.5 Å². The summed E-state index contributed by atoms with van der Waals surface area (Å²) in [5.41, 5.74) is 8.38. The lowest BCUT2D eigenvalue weighted by Crippen LogP contribution is -2.15. The van der Waals surface area contributed by atoms with Crippen LogP contribution in [-0.4, -0.2) is 21.3 Å². The van der Waals surface area contributed by atoms with Gasteiger partial charge in [0.15, 0.2) is 0 Å². The first-order chi connectivity index (χ1) is 10.2. The Morgan fingerprint density at radius 3 is 1.90 bits per heavy atom. The first kappa shape index (κ1) is 15.2. The molecule has 0 aliphatic rings. The molecule has 0 fully saturated rings. The molecule has 0 aliphatic heterocycles. The fraction of sp³-hybridized carbons (Fsp3) is 0.294. The third-order valence-electron chi connectivity index (χ3n) is 3.45. The molecule has 4 nitrogen and oxygen atoms in total. The predicted molar refractivity (Wildman–Crippen MR) is 83.2 cm³/mol. The van der Waals surface area contributed by atoms with Gasteiger partial charge in [0.05, 0.1) is 26.9 Å². The maximum Gasteiger partial charge on any atom is 0.127 e. The van der Waals surface area contributed by atoms with Gasteiger partial charge in [0.1, 0.15) is 17.2 Å². The van der Waals surface area contributed by atoms with Crippen LogP contribution in [0.1, 0.15) is 17.2 Å². The molecule has 112 valence electrons. The van der Waals surface area contributed by atoms with Crippen LogP contribution in [0.2, 0.25) is 0 Å². The summed E-state index contributed by atoms with van der Waals surface area (Å²) in [7, 11) is 4.93. The predicted octanol–water partition coefficient (Wildman–Crippen LogP) is 2.95. The van der Waals surface area contributed by atoms with Crippen molar-refractivity contribution in [2.75, 3.05) is 21.3 Å². The van der Waals surface area contributed by atoms with Gasteiger partial charge in [-0.25, -0.2) is 0 Å². The minimum atomic E-state index is -0.204. The van der Waals surface area contributed by atoms with Crippen LogP contribution in [0.3, 0.4) is 0 Å². The average molecular weight is 287 g/mol. The van der Waals surface area contributed by atoms with Gasteiger partial charge >= 0.3 is 0 Å². The first-order valence-electron chi connectivity index (χ1n) is 6.79. The van der Waals surface area contributed by atoms with E-state index in [0.717, 1.165) is 28.4 Å². The Morgan fingerprint density at radius 2 is 1.43 bits per heavy atom. The van der Waals surface area contributed by atoms with Gasteiger partial charge in [-0.2, -0.15) is 0 Å². The topological polar surface area (TPSA) is 53.7 Å². The Labute approximate surface area is 125 Å². The minimum absolute atomic E-state index is 0.204. The highest BCUT2D eigenvalue weighted by Gasteiger charge is 2.17.